The van der Waals surface area contributed by atoms with Crippen LogP contribution in [0, 0.1) is 0 Å². The zero-order chi connectivity index (χ0) is 11.4. The van der Waals surface area contributed by atoms with Crippen LogP contribution in [0.4, 0.5) is 5.13 Å². The molecule has 1 N–H and O–H groups in total. The second-order valence-electron chi connectivity index (χ2n) is 3.75. The van der Waals surface area contributed by atoms with Crippen molar-refractivity contribution in [2.75, 3.05) is 31.7 Å². The number of rotatable bonds is 4. The van der Waals surface area contributed by atoms with Crippen LogP contribution in [0.2, 0.25) is 0 Å². The minimum atomic E-state index is -0.0477. The Kier molecular flexibility index (Phi) is 3.74. The van der Waals surface area contributed by atoms with Crippen molar-refractivity contribution < 1.29 is 9.53 Å². The van der Waals surface area contributed by atoms with Crippen LogP contribution in [0.15, 0.2) is 11.6 Å². The van der Waals surface area contributed by atoms with Crippen molar-refractivity contribution in [2.45, 2.75) is 12.5 Å². The Balaban J connectivity index is 1.82. The molecule has 0 aromatic carbocycles. The van der Waals surface area contributed by atoms with Gasteiger partial charge in [-0.05, 0) is 6.42 Å². The lowest BCUT2D eigenvalue weighted by atomic mass is 10.2. The Hall–Kier alpha value is -1.14. The van der Waals surface area contributed by atoms with Crippen molar-refractivity contribution in [1.29, 1.82) is 0 Å². The normalized spacial score (nSPS) is 20.1. The number of hydrogen-bond acceptors (Lipinski definition) is 5. The molecule has 2 heterocycles. The van der Waals surface area contributed by atoms with Crippen LogP contribution >= 0.6 is 11.3 Å². The quantitative estimate of drug-likeness (QED) is 0.833. The van der Waals surface area contributed by atoms with Crippen LogP contribution in [0.1, 0.15) is 6.42 Å². The number of nitrogens with one attached hydrogen (secondary N) is 1. The van der Waals surface area contributed by atoms with Gasteiger partial charge in [0.25, 0.3) is 0 Å². The topological polar surface area (TPSA) is 54.5 Å². The molecule has 1 aromatic heterocycles. The molecule has 1 atom stereocenters. The summed E-state index contributed by atoms with van der Waals surface area (Å²) in [5, 5.41) is 5.94. The second-order valence-corrected chi connectivity index (χ2v) is 4.62. The number of carbonyl (C=O) groups excluding carboxylic acids is 1. The average molecular weight is 241 g/mol. The number of nitrogens with zero attached hydrogens (tertiary/aromatic N) is 2. The van der Waals surface area contributed by atoms with E-state index in [2.05, 4.69) is 15.2 Å². The molecule has 0 saturated carbocycles. The summed E-state index contributed by atoms with van der Waals surface area (Å²) < 4.78 is 4.78. The van der Waals surface area contributed by atoms with Crippen LogP contribution in [0.5, 0.6) is 0 Å². The summed E-state index contributed by atoms with van der Waals surface area (Å²) in [5.41, 5.74) is 0. The molecule has 1 aliphatic rings. The van der Waals surface area contributed by atoms with E-state index in [4.69, 9.17) is 4.74 Å². The van der Waals surface area contributed by atoms with Gasteiger partial charge in [0.1, 0.15) is 6.61 Å². The van der Waals surface area contributed by atoms with Crippen LogP contribution < -0.4 is 10.2 Å². The monoisotopic (exact) mass is 241 g/mol. The third-order valence-corrected chi connectivity index (χ3v) is 3.35. The Bertz CT molecular complexity index is 342. The predicted octanol–water partition coefficient (Wildman–Crippen LogP) is 0.484. The Morgan fingerprint density at radius 3 is 3.38 bits per heavy atom. The molecule has 0 radical (unpaired) electrons. The molecule has 16 heavy (non-hydrogen) atoms. The van der Waals surface area contributed by atoms with Crippen LogP contribution in [0.3, 0.4) is 0 Å². The van der Waals surface area contributed by atoms with Gasteiger partial charge in [-0.25, -0.2) is 4.98 Å². The van der Waals surface area contributed by atoms with Crippen molar-refractivity contribution in [3.63, 3.8) is 0 Å². The minimum Gasteiger partial charge on any atom is -0.375 e. The van der Waals surface area contributed by atoms with E-state index in [1.807, 2.05) is 5.38 Å². The molecule has 0 bridgehead atoms. The molecule has 1 fully saturated rings. The van der Waals surface area contributed by atoms with Gasteiger partial charge >= 0.3 is 0 Å². The molecular weight excluding hydrogens is 226 g/mol. The third-order valence-electron chi connectivity index (χ3n) is 2.52. The van der Waals surface area contributed by atoms with Crippen molar-refractivity contribution in [1.82, 2.24) is 10.3 Å². The van der Waals surface area contributed by atoms with Gasteiger partial charge in [-0.15, -0.1) is 11.3 Å². The van der Waals surface area contributed by atoms with E-state index in [1.165, 1.54) is 7.11 Å². The number of methoxy groups -OCH3 is 1. The molecule has 0 unspecified atom stereocenters. The van der Waals surface area contributed by atoms with Gasteiger partial charge in [-0.2, -0.15) is 0 Å². The first-order chi connectivity index (χ1) is 7.79. The van der Waals surface area contributed by atoms with Crippen molar-refractivity contribution in [2.24, 2.45) is 0 Å². The van der Waals surface area contributed by atoms with Gasteiger partial charge in [0.05, 0.1) is 0 Å². The summed E-state index contributed by atoms with van der Waals surface area (Å²) in [6.45, 7) is 1.92. The first kappa shape index (κ1) is 11.3. The number of hydrogen-bond donors (Lipinski definition) is 1. The average Bonchev–Trinajstić information content (AvgIpc) is 2.86. The number of ether oxygens (including phenoxy) is 1. The van der Waals surface area contributed by atoms with E-state index in [0.29, 0.717) is 0 Å². The van der Waals surface area contributed by atoms with E-state index in [1.54, 1.807) is 17.5 Å². The number of amides is 1. The van der Waals surface area contributed by atoms with E-state index in [9.17, 15) is 4.79 Å². The number of carbonyl (C=O) groups is 1. The van der Waals surface area contributed by atoms with Gasteiger partial charge < -0.3 is 15.0 Å². The molecule has 2 rings (SSSR count). The van der Waals surface area contributed by atoms with E-state index in [0.717, 1.165) is 24.6 Å². The van der Waals surface area contributed by atoms with Gasteiger partial charge in [0.2, 0.25) is 5.91 Å². The maximum atomic E-state index is 11.3. The summed E-state index contributed by atoms with van der Waals surface area (Å²) in [5.74, 6) is -0.0477. The molecule has 0 aliphatic carbocycles. The molecule has 1 amide bonds. The number of aromatic nitrogens is 1. The van der Waals surface area contributed by atoms with Gasteiger partial charge in [0.15, 0.2) is 5.13 Å². The highest BCUT2D eigenvalue weighted by Gasteiger charge is 2.24. The minimum absolute atomic E-state index is 0.0477. The first-order valence-electron chi connectivity index (χ1n) is 5.22. The molecule has 1 aliphatic heterocycles. The summed E-state index contributed by atoms with van der Waals surface area (Å²) in [6, 6.07) is 0.214. The highest BCUT2D eigenvalue weighted by molar-refractivity contribution is 7.13. The van der Waals surface area contributed by atoms with Gasteiger partial charge in [-0.3, -0.25) is 4.79 Å². The lowest BCUT2D eigenvalue weighted by Crippen LogP contribution is -2.38. The smallest absolute Gasteiger partial charge is 0.246 e. The first-order valence-corrected chi connectivity index (χ1v) is 6.10. The number of anilines is 1. The molecule has 6 heteroatoms. The van der Waals surface area contributed by atoms with Crippen molar-refractivity contribution in [3.8, 4) is 0 Å². The fourth-order valence-electron chi connectivity index (χ4n) is 1.82. The Morgan fingerprint density at radius 1 is 1.81 bits per heavy atom. The van der Waals surface area contributed by atoms with Gasteiger partial charge in [0, 0.05) is 37.8 Å². The number of thiazole rings is 1. The Morgan fingerprint density at radius 2 is 2.69 bits per heavy atom. The van der Waals surface area contributed by atoms with Crippen molar-refractivity contribution >= 4 is 22.4 Å². The fourth-order valence-corrected chi connectivity index (χ4v) is 2.50. The summed E-state index contributed by atoms with van der Waals surface area (Å²) in [4.78, 5) is 17.8. The molecule has 0 spiro atoms. The maximum Gasteiger partial charge on any atom is 0.246 e. The van der Waals surface area contributed by atoms with Crippen LogP contribution in [0.25, 0.3) is 0 Å². The van der Waals surface area contributed by atoms with Crippen molar-refractivity contribution in [3.05, 3.63) is 11.6 Å². The summed E-state index contributed by atoms with van der Waals surface area (Å²) >= 11 is 1.63. The Labute approximate surface area is 98.4 Å². The third kappa shape index (κ3) is 2.70. The summed E-state index contributed by atoms with van der Waals surface area (Å²) in [7, 11) is 1.52. The van der Waals surface area contributed by atoms with Crippen LogP contribution in [-0.2, 0) is 9.53 Å². The molecule has 1 aromatic rings. The predicted molar refractivity (Wildman–Crippen MR) is 62.8 cm³/mol. The highest BCUT2D eigenvalue weighted by Crippen LogP contribution is 2.22. The zero-order valence-corrected chi connectivity index (χ0v) is 10.00. The fraction of sp³-hybridized carbons (Fsp3) is 0.600. The second kappa shape index (κ2) is 5.27. The molecule has 1 saturated heterocycles. The lowest BCUT2D eigenvalue weighted by molar-refractivity contribution is -0.125. The van der Waals surface area contributed by atoms with Gasteiger partial charge in [-0.1, -0.05) is 0 Å². The molecular formula is C10H15N3O2S. The van der Waals surface area contributed by atoms with E-state index < -0.39 is 0 Å². The SMILES string of the molecule is COCC(=O)N[C@H]1CCN(c2nccs2)C1. The molecule has 88 valence electrons. The molecule has 5 nitrogen and oxygen atoms in total. The lowest BCUT2D eigenvalue weighted by Gasteiger charge is -2.15. The standard InChI is InChI=1S/C10H15N3O2S/c1-15-7-9(14)12-8-2-4-13(6-8)10-11-3-5-16-10/h3,5,8H,2,4,6-7H2,1H3,(H,12,14)/t8-/m0/s1. The summed E-state index contributed by atoms with van der Waals surface area (Å²) in [6.07, 6.45) is 2.77. The zero-order valence-electron chi connectivity index (χ0n) is 9.18. The highest BCUT2D eigenvalue weighted by atomic mass is 32.1. The van der Waals surface area contributed by atoms with E-state index in [-0.39, 0.29) is 18.6 Å². The van der Waals surface area contributed by atoms with Crippen LogP contribution in [-0.4, -0.2) is 43.7 Å². The van der Waals surface area contributed by atoms with E-state index >= 15 is 0 Å². The maximum absolute atomic E-state index is 11.3. The largest absolute Gasteiger partial charge is 0.375 e.